The van der Waals surface area contributed by atoms with Crippen LogP contribution < -0.4 is 0 Å². The third kappa shape index (κ3) is 2.14. The van der Waals surface area contributed by atoms with Gasteiger partial charge in [-0.3, -0.25) is 4.79 Å². The van der Waals surface area contributed by atoms with Crippen LogP contribution in [0.2, 0.25) is 0 Å². The number of phenolic OH excluding ortho intramolecular Hbond substituents is 1. The first-order chi connectivity index (χ1) is 8.50. The number of aromatic hydroxyl groups is 1. The maximum Gasteiger partial charge on any atom is 0.326 e. The van der Waals surface area contributed by atoms with Gasteiger partial charge in [-0.05, 0) is 12.1 Å². The van der Waals surface area contributed by atoms with Crippen LogP contribution in [0.25, 0.3) is 0 Å². The normalized spacial score (nSPS) is 23.1. The molecule has 1 aromatic carbocycles. The van der Waals surface area contributed by atoms with Crippen LogP contribution in [0.3, 0.4) is 0 Å². The molecule has 1 fully saturated rings. The smallest absolute Gasteiger partial charge is 0.326 e. The standard InChI is InChI=1S/C12H13NO5/c14-7-5-9(12(17)18)13(6-7)11(16)8-3-1-2-4-10(8)15/h1-4,7,9,14-15H,5-6H2,(H,17,18)/t7-,9+/m0/s1. The average molecular weight is 251 g/mol. The maximum atomic E-state index is 12.1. The summed E-state index contributed by atoms with van der Waals surface area (Å²) in [5.41, 5.74) is 0.0397. The molecule has 2 atom stereocenters. The largest absolute Gasteiger partial charge is 0.507 e. The molecule has 6 heteroatoms. The summed E-state index contributed by atoms with van der Waals surface area (Å²) in [4.78, 5) is 24.2. The van der Waals surface area contributed by atoms with Gasteiger partial charge in [0.2, 0.25) is 0 Å². The Morgan fingerprint density at radius 2 is 1.94 bits per heavy atom. The summed E-state index contributed by atoms with van der Waals surface area (Å²) in [6, 6.07) is 4.87. The number of rotatable bonds is 2. The highest BCUT2D eigenvalue weighted by Gasteiger charge is 2.39. The number of aliphatic carboxylic acids is 1. The van der Waals surface area contributed by atoms with Gasteiger partial charge in [0.1, 0.15) is 11.8 Å². The number of β-amino-alcohol motifs (C(OH)–C–C–N with tert-alkyl or cyclic N) is 1. The molecule has 3 N–H and O–H groups in total. The summed E-state index contributed by atoms with van der Waals surface area (Å²) >= 11 is 0. The second-order valence-corrected chi connectivity index (χ2v) is 4.22. The van der Waals surface area contributed by atoms with E-state index in [0.717, 1.165) is 4.90 Å². The fraction of sp³-hybridized carbons (Fsp3) is 0.333. The highest BCUT2D eigenvalue weighted by Crippen LogP contribution is 2.24. The molecule has 0 spiro atoms. The van der Waals surface area contributed by atoms with Crippen molar-refractivity contribution in [2.45, 2.75) is 18.6 Å². The van der Waals surface area contributed by atoms with Crippen LogP contribution in [0, 0.1) is 0 Å². The predicted molar refractivity (Wildman–Crippen MR) is 61.2 cm³/mol. The molecule has 2 rings (SSSR count). The number of hydrogen-bond acceptors (Lipinski definition) is 4. The van der Waals surface area contributed by atoms with Gasteiger partial charge in [-0.15, -0.1) is 0 Å². The lowest BCUT2D eigenvalue weighted by atomic mass is 10.1. The molecule has 1 heterocycles. The topological polar surface area (TPSA) is 98.1 Å². The van der Waals surface area contributed by atoms with Crippen LogP contribution in [0.5, 0.6) is 5.75 Å². The second kappa shape index (κ2) is 4.66. The molecule has 0 aromatic heterocycles. The minimum absolute atomic E-state index is 0.00860. The van der Waals surface area contributed by atoms with Crippen LogP contribution in [-0.2, 0) is 4.79 Å². The summed E-state index contributed by atoms with van der Waals surface area (Å²) in [6.45, 7) is -0.0376. The Hall–Kier alpha value is -2.08. The van der Waals surface area contributed by atoms with Gasteiger partial charge in [0.05, 0.1) is 11.7 Å². The van der Waals surface area contributed by atoms with Crippen molar-refractivity contribution in [3.63, 3.8) is 0 Å². The Morgan fingerprint density at radius 1 is 1.28 bits per heavy atom. The third-order valence-corrected chi connectivity index (χ3v) is 2.96. The van der Waals surface area contributed by atoms with E-state index in [0.29, 0.717) is 0 Å². The van der Waals surface area contributed by atoms with Crippen LogP contribution >= 0.6 is 0 Å². The van der Waals surface area contributed by atoms with Crippen LogP contribution in [0.1, 0.15) is 16.8 Å². The number of para-hydroxylation sites is 1. The fourth-order valence-corrected chi connectivity index (χ4v) is 2.08. The first-order valence-corrected chi connectivity index (χ1v) is 5.50. The van der Waals surface area contributed by atoms with E-state index < -0.39 is 24.0 Å². The summed E-state index contributed by atoms with van der Waals surface area (Å²) in [5, 5.41) is 28.0. The van der Waals surface area contributed by atoms with Crippen LogP contribution in [0.15, 0.2) is 24.3 Å². The average Bonchev–Trinajstić information content (AvgIpc) is 2.71. The lowest BCUT2D eigenvalue weighted by Crippen LogP contribution is -2.40. The van der Waals surface area contributed by atoms with Crippen LogP contribution in [-0.4, -0.2) is 50.8 Å². The number of carboxylic acids is 1. The molecule has 0 unspecified atom stereocenters. The molecule has 0 aliphatic carbocycles. The SMILES string of the molecule is O=C(O)[C@H]1C[C@H](O)CN1C(=O)c1ccccc1O. The van der Waals surface area contributed by atoms with E-state index in [1.807, 2.05) is 0 Å². The highest BCUT2D eigenvalue weighted by atomic mass is 16.4. The van der Waals surface area contributed by atoms with E-state index in [9.17, 15) is 19.8 Å². The number of aliphatic hydroxyl groups is 1. The van der Waals surface area contributed by atoms with Gasteiger partial charge in [-0.1, -0.05) is 12.1 Å². The number of benzene rings is 1. The van der Waals surface area contributed by atoms with E-state index in [4.69, 9.17) is 5.11 Å². The van der Waals surface area contributed by atoms with Gasteiger partial charge in [0, 0.05) is 13.0 Å². The molecule has 0 saturated carbocycles. The lowest BCUT2D eigenvalue weighted by molar-refractivity contribution is -0.141. The van der Waals surface area contributed by atoms with E-state index in [2.05, 4.69) is 0 Å². The van der Waals surface area contributed by atoms with Gasteiger partial charge in [-0.25, -0.2) is 4.79 Å². The fourth-order valence-electron chi connectivity index (χ4n) is 2.08. The van der Waals surface area contributed by atoms with Gasteiger partial charge < -0.3 is 20.2 Å². The molecule has 0 bridgehead atoms. The molecule has 1 saturated heterocycles. The molecular weight excluding hydrogens is 238 g/mol. The lowest BCUT2D eigenvalue weighted by Gasteiger charge is -2.21. The van der Waals surface area contributed by atoms with E-state index in [1.165, 1.54) is 12.1 Å². The number of amides is 1. The molecule has 0 radical (unpaired) electrons. The van der Waals surface area contributed by atoms with Crippen molar-refractivity contribution in [3.8, 4) is 5.75 Å². The number of nitrogens with zero attached hydrogens (tertiary/aromatic N) is 1. The number of aliphatic hydroxyl groups excluding tert-OH is 1. The van der Waals surface area contributed by atoms with Gasteiger partial charge in [-0.2, -0.15) is 0 Å². The summed E-state index contributed by atoms with van der Waals surface area (Å²) in [6.07, 6.45) is -0.838. The zero-order chi connectivity index (χ0) is 13.3. The monoisotopic (exact) mass is 251 g/mol. The number of hydrogen-bond donors (Lipinski definition) is 3. The van der Waals surface area contributed by atoms with Crippen molar-refractivity contribution in [3.05, 3.63) is 29.8 Å². The van der Waals surface area contributed by atoms with Crippen LogP contribution in [0.4, 0.5) is 0 Å². The molecule has 1 amide bonds. The number of carbonyl (C=O) groups is 2. The maximum absolute atomic E-state index is 12.1. The summed E-state index contributed by atoms with van der Waals surface area (Å²) in [7, 11) is 0. The number of likely N-dealkylation sites (tertiary alicyclic amines) is 1. The Kier molecular flexibility index (Phi) is 3.20. The van der Waals surface area contributed by atoms with E-state index in [1.54, 1.807) is 12.1 Å². The minimum Gasteiger partial charge on any atom is -0.507 e. The van der Waals surface area contributed by atoms with Crippen molar-refractivity contribution < 1.29 is 24.9 Å². The molecule has 96 valence electrons. The molecule has 1 aliphatic heterocycles. The Bertz CT molecular complexity index is 487. The Balaban J connectivity index is 2.28. The number of phenols is 1. The summed E-state index contributed by atoms with van der Waals surface area (Å²) < 4.78 is 0. The molecule has 1 aliphatic rings. The highest BCUT2D eigenvalue weighted by molar-refractivity contribution is 5.99. The van der Waals surface area contributed by atoms with Crippen molar-refractivity contribution in [2.24, 2.45) is 0 Å². The second-order valence-electron chi connectivity index (χ2n) is 4.22. The Morgan fingerprint density at radius 3 is 2.56 bits per heavy atom. The first kappa shape index (κ1) is 12.4. The molecule has 18 heavy (non-hydrogen) atoms. The zero-order valence-electron chi connectivity index (χ0n) is 9.48. The van der Waals surface area contributed by atoms with Crippen molar-refractivity contribution >= 4 is 11.9 Å². The van der Waals surface area contributed by atoms with Gasteiger partial charge in [0.25, 0.3) is 5.91 Å². The molecular formula is C12H13NO5. The van der Waals surface area contributed by atoms with Crippen molar-refractivity contribution in [1.29, 1.82) is 0 Å². The quantitative estimate of drug-likeness (QED) is 0.690. The van der Waals surface area contributed by atoms with Crippen molar-refractivity contribution in [2.75, 3.05) is 6.54 Å². The zero-order valence-corrected chi connectivity index (χ0v) is 9.48. The first-order valence-electron chi connectivity index (χ1n) is 5.50. The number of carboxylic acid groups (broad SMARTS) is 1. The Labute approximate surface area is 103 Å². The van der Waals surface area contributed by atoms with Gasteiger partial charge >= 0.3 is 5.97 Å². The third-order valence-electron chi connectivity index (χ3n) is 2.96. The molecule has 6 nitrogen and oxygen atoms in total. The minimum atomic E-state index is -1.16. The van der Waals surface area contributed by atoms with E-state index in [-0.39, 0.29) is 24.3 Å². The summed E-state index contributed by atoms with van der Waals surface area (Å²) in [5.74, 6) is -1.94. The van der Waals surface area contributed by atoms with Gasteiger partial charge in [0.15, 0.2) is 0 Å². The number of carbonyl (C=O) groups excluding carboxylic acids is 1. The van der Waals surface area contributed by atoms with E-state index >= 15 is 0 Å². The predicted octanol–water partition coefficient (Wildman–Crippen LogP) is 0.0522. The molecule has 1 aromatic rings. The van der Waals surface area contributed by atoms with Crippen molar-refractivity contribution in [1.82, 2.24) is 4.90 Å².